The van der Waals surface area contributed by atoms with Crippen molar-refractivity contribution in [3.8, 4) is 0 Å². The van der Waals surface area contributed by atoms with Gasteiger partial charge >= 0.3 is 0 Å². The van der Waals surface area contributed by atoms with Crippen LogP contribution in [0.15, 0.2) is 42.6 Å². The van der Waals surface area contributed by atoms with Gasteiger partial charge in [-0.15, -0.1) is 0 Å². The largest absolute Gasteiger partial charge is 0.344 e. The number of fused-ring (bicyclic) bond motifs is 1. The predicted octanol–water partition coefficient (Wildman–Crippen LogP) is 2.60. The number of amides is 1. The van der Waals surface area contributed by atoms with Crippen LogP contribution in [-0.2, 0) is 6.54 Å². The third-order valence-corrected chi connectivity index (χ3v) is 4.22. The van der Waals surface area contributed by atoms with E-state index >= 15 is 0 Å². The van der Waals surface area contributed by atoms with Gasteiger partial charge in [-0.1, -0.05) is 18.2 Å². The van der Waals surface area contributed by atoms with Crippen molar-refractivity contribution in [3.63, 3.8) is 0 Å². The van der Waals surface area contributed by atoms with Crippen LogP contribution >= 0.6 is 0 Å². The monoisotopic (exact) mass is 283 g/mol. The highest BCUT2D eigenvalue weighted by Crippen LogP contribution is 2.38. The van der Waals surface area contributed by atoms with E-state index in [1.54, 1.807) is 0 Å². The molecule has 21 heavy (non-hydrogen) atoms. The molecule has 4 heteroatoms. The summed E-state index contributed by atoms with van der Waals surface area (Å²) in [7, 11) is 0. The van der Waals surface area contributed by atoms with E-state index in [4.69, 9.17) is 5.73 Å². The summed E-state index contributed by atoms with van der Waals surface area (Å²) in [5.74, 6) is 0.425. The number of aryl methyl sites for hydroxylation is 1. The summed E-state index contributed by atoms with van der Waals surface area (Å²) in [6.45, 7) is 4.22. The van der Waals surface area contributed by atoms with Crippen LogP contribution in [0.1, 0.15) is 35.3 Å². The van der Waals surface area contributed by atoms with Crippen LogP contribution < -0.4 is 10.6 Å². The Labute approximate surface area is 125 Å². The Kier molecular flexibility index (Phi) is 3.80. The molecule has 1 aliphatic heterocycles. The number of carbonyl (C=O) groups excluding carboxylic acids is 1. The number of anilines is 1. The van der Waals surface area contributed by atoms with Gasteiger partial charge in [0, 0.05) is 30.9 Å². The number of rotatable bonds is 4. The predicted molar refractivity (Wildman–Crippen MR) is 84.6 cm³/mol. The van der Waals surface area contributed by atoms with Gasteiger partial charge in [-0.3, -0.25) is 4.79 Å². The first-order chi connectivity index (χ1) is 10.3. The molecule has 1 unspecified atom stereocenters. The Morgan fingerprint density at radius 1 is 1.29 bits per heavy atom. The van der Waals surface area contributed by atoms with Gasteiger partial charge in [0.2, 0.25) is 0 Å². The second-order valence-electron chi connectivity index (χ2n) is 5.43. The fourth-order valence-corrected chi connectivity index (χ4v) is 3.16. The van der Waals surface area contributed by atoms with Crippen molar-refractivity contribution in [2.75, 3.05) is 18.0 Å². The maximum atomic E-state index is 12.9. The second kappa shape index (κ2) is 5.74. The van der Waals surface area contributed by atoms with Crippen LogP contribution in [0.3, 0.4) is 0 Å². The Morgan fingerprint density at radius 2 is 2.10 bits per heavy atom. The molecule has 1 amide bonds. The maximum absolute atomic E-state index is 12.9. The summed E-state index contributed by atoms with van der Waals surface area (Å²) < 4.78 is 1.99. The lowest BCUT2D eigenvalue weighted by Crippen LogP contribution is -2.31. The lowest BCUT2D eigenvalue weighted by atomic mass is 9.98. The Morgan fingerprint density at radius 3 is 2.86 bits per heavy atom. The highest BCUT2D eigenvalue weighted by Gasteiger charge is 2.32. The molecule has 0 saturated carbocycles. The minimum atomic E-state index is 0.0776. The number of nitrogens with two attached hydrogens (primary N) is 1. The lowest BCUT2D eigenvalue weighted by molar-refractivity contribution is 0.0979. The third kappa shape index (κ3) is 2.36. The highest BCUT2D eigenvalue weighted by molar-refractivity contribution is 6.06. The van der Waals surface area contributed by atoms with Gasteiger partial charge in [0.25, 0.3) is 5.91 Å². The first-order valence-corrected chi connectivity index (χ1v) is 7.52. The van der Waals surface area contributed by atoms with E-state index in [-0.39, 0.29) is 5.91 Å². The molecule has 0 saturated heterocycles. The quantitative estimate of drug-likeness (QED) is 0.937. The van der Waals surface area contributed by atoms with Crippen LogP contribution in [0.2, 0.25) is 0 Å². The molecular weight excluding hydrogens is 262 g/mol. The van der Waals surface area contributed by atoms with Crippen LogP contribution in [0, 0.1) is 0 Å². The first-order valence-electron chi connectivity index (χ1n) is 7.52. The van der Waals surface area contributed by atoms with Crippen molar-refractivity contribution in [2.24, 2.45) is 5.73 Å². The summed E-state index contributed by atoms with van der Waals surface area (Å²) in [5, 5.41) is 0. The molecule has 1 aliphatic rings. The molecule has 1 aromatic heterocycles. The minimum Gasteiger partial charge on any atom is -0.344 e. The van der Waals surface area contributed by atoms with Gasteiger partial charge in [0.1, 0.15) is 5.69 Å². The van der Waals surface area contributed by atoms with Crippen molar-refractivity contribution in [1.82, 2.24) is 4.57 Å². The van der Waals surface area contributed by atoms with Gasteiger partial charge in [-0.25, -0.2) is 0 Å². The summed E-state index contributed by atoms with van der Waals surface area (Å²) in [6, 6.07) is 12.0. The standard InChI is InChI=1S/C17H21N3O/c1-2-19-11-5-8-16(19)17(21)20-12-13(9-10-18)14-6-3-4-7-15(14)20/h3-8,11,13H,2,9-10,12,18H2,1H3. The van der Waals surface area contributed by atoms with E-state index in [1.165, 1.54) is 5.56 Å². The minimum absolute atomic E-state index is 0.0776. The molecule has 0 radical (unpaired) electrons. The van der Waals surface area contributed by atoms with Gasteiger partial charge in [0.05, 0.1) is 0 Å². The number of aromatic nitrogens is 1. The molecule has 2 heterocycles. The second-order valence-corrected chi connectivity index (χ2v) is 5.43. The van der Waals surface area contributed by atoms with E-state index < -0.39 is 0 Å². The van der Waals surface area contributed by atoms with E-state index in [1.807, 2.05) is 52.9 Å². The molecule has 0 bridgehead atoms. The summed E-state index contributed by atoms with van der Waals surface area (Å²) in [6.07, 6.45) is 2.86. The average Bonchev–Trinajstić information content (AvgIpc) is 3.12. The molecule has 0 aliphatic carbocycles. The summed E-state index contributed by atoms with van der Waals surface area (Å²) >= 11 is 0. The number of hydrogen-bond donors (Lipinski definition) is 1. The molecule has 4 nitrogen and oxygen atoms in total. The van der Waals surface area contributed by atoms with Gasteiger partial charge in [-0.2, -0.15) is 0 Å². The van der Waals surface area contributed by atoms with Crippen molar-refractivity contribution in [2.45, 2.75) is 25.8 Å². The Bertz CT molecular complexity index is 647. The third-order valence-electron chi connectivity index (χ3n) is 4.22. The van der Waals surface area contributed by atoms with Crippen LogP contribution in [-0.4, -0.2) is 23.6 Å². The van der Waals surface area contributed by atoms with Crippen molar-refractivity contribution < 1.29 is 4.79 Å². The lowest BCUT2D eigenvalue weighted by Gasteiger charge is -2.19. The van der Waals surface area contributed by atoms with E-state index in [9.17, 15) is 4.79 Å². The number of hydrogen-bond acceptors (Lipinski definition) is 2. The molecule has 2 aromatic rings. The zero-order chi connectivity index (χ0) is 14.8. The van der Waals surface area contributed by atoms with Crippen LogP contribution in [0.25, 0.3) is 0 Å². The molecule has 1 aromatic carbocycles. The van der Waals surface area contributed by atoms with Gasteiger partial charge in [0.15, 0.2) is 0 Å². The molecule has 3 rings (SSSR count). The zero-order valence-electron chi connectivity index (χ0n) is 12.3. The summed E-state index contributed by atoms with van der Waals surface area (Å²) in [5.41, 5.74) is 8.74. The number of benzene rings is 1. The summed E-state index contributed by atoms with van der Waals surface area (Å²) in [4.78, 5) is 14.8. The molecular formula is C17H21N3O. The normalized spacial score (nSPS) is 17.0. The van der Waals surface area contributed by atoms with Crippen molar-refractivity contribution in [3.05, 3.63) is 53.9 Å². The van der Waals surface area contributed by atoms with Crippen molar-refractivity contribution in [1.29, 1.82) is 0 Å². The number of nitrogens with zero attached hydrogens (tertiary/aromatic N) is 2. The van der Waals surface area contributed by atoms with Crippen LogP contribution in [0.4, 0.5) is 5.69 Å². The Balaban J connectivity index is 1.95. The van der Waals surface area contributed by atoms with Crippen molar-refractivity contribution >= 4 is 11.6 Å². The van der Waals surface area contributed by atoms with E-state index in [0.29, 0.717) is 12.5 Å². The van der Waals surface area contributed by atoms with E-state index in [2.05, 4.69) is 6.07 Å². The fraction of sp³-hybridized carbons (Fsp3) is 0.353. The highest BCUT2D eigenvalue weighted by atomic mass is 16.2. The van der Waals surface area contributed by atoms with Gasteiger partial charge < -0.3 is 15.2 Å². The molecule has 0 fully saturated rings. The smallest absolute Gasteiger partial charge is 0.274 e. The zero-order valence-corrected chi connectivity index (χ0v) is 12.3. The fourth-order valence-electron chi connectivity index (χ4n) is 3.16. The topological polar surface area (TPSA) is 51.3 Å². The Hall–Kier alpha value is -2.07. The average molecular weight is 283 g/mol. The number of para-hydroxylation sites is 1. The van der Waals surface area contributed by atoms with E-state index in [0.717, 1.165) is 30.9 Å². The maximum Gasteiger partial charge on any atom is 0.274 e. The molecule has 0 spiro atoms. The van der Waals surface area contributed by atoms with Crippen LogP contribution in [0.5, 0.6) is 0 Å². The molecule has 1 atom stereocenters. The molecule has 2 N–H and O–H groups in total. The SMILES string of the molecule is CCn1cccc1C(=O)N1CC(CCN)c2ccccc21. The molecule has 110 valence electrons. The van der Waals surface area contributed by atoms with Gasteiger partial charge in [-0.05, 0) is 43.7 Å². The first kappa shape index (κ1) is 13.9. The number of carbonyl (C=O) groups is 1.